The van der Waals surface area contributed by atoms with Crippen molar-refractivity contribution < 1.29 is 4.79 Å². The fourth-order valence-electron chi connectivity index (χ4n) is 1.30. The number of aryl methyl sites for hydroxylation is 1. The van der Waals surface area contributed by atoms with Gasteiger partial charge < -0.3 is 11.1 Å². The van der Waals surface area contributed by atoms with Gasteiger partial charge in [0.15, 0.2) is 5.15 Å². The van der Waals surface area contributed by atoms with Crippen LogP contribution in [0.1, 0.15) is 16.1 Å². The van der Waals surface area contributed by atoms with Crippen LogP contribution >= 0.6 is 11.6 Å². The molecule has 0 atom stereocenters. The maximum Gasteiger partial charge on any atom is 0.275 e. The van der Waals surface area contributed by atoms with E-state index in [1.165, 1.54) is 6.20 Å². The summed E-state index contributed by atoms with van der Waals surface area (Å²) in [5.74, 6) is -0.408. The van der Waals surface area contributed by atoms with Crippen LogP contribution in [0.5, 0.6) is 0 Å². The molecule has 0 saturated heterocycles. The number of carbonyl (C=O) groups excluding carboxylic acids is 1. The number of amides is 1. The quantitative estimate of drug-likeness (QED) is 0.706. The number of anilines is 2. The smallest absolute Gasteiger partial charge is 0.275 e. The molecule has 0 aliphatic heterocycles. The number of hydrogen-bond acceptors (Lipinski definition) is 4. The number of nitrogen functional groups attached to an aromatic ring is 1. The summed E-state index contributed by atoms with van der Waals surface area (Å²) in [6.45, 7) is 1.85. The fourth-order valence-corrected chi connectivity index (χ4v) is 1.45. The lowest BCUT2D eigenvalue weighted by molar-refractivity contribution is 0.102. The van der Waals surface area contributed by atoms with E-state index in [9.17, 15) is 4.79 Å². The zero-order valence-corrected chi connectivity index (χ0v) is 9.75. The van der Waals surface area contributed by atoms with Gasteiger partial charge in [-0.3, -0.25) is 9.89 Å². The Balaban J connectivity index is 2.24. The first-order chi connectivity index (χ1) is 8.08. The number of carbonyl (C=O) groups is 1. The van der Waals surface area contributed by atoms with Crippen molar-refractivity contribution in [2.24, 2.45) is 0 Å². The van der Waals surface area contributed by atoms with Crippen LogP contribution in [0.3, 0.4) is 0 Å². The SMILES string of the molecule is Cc1cnc(Cl)c(NC(=O)c2[nH]ncc2N)c1. The average molecular weight is 252 g/mol. The topological polar surface area (TPSA) is 96.7 Å². The number of halogens is 1. The van der Waals surface area contributed by atoms with Crippen molar-refractivity contribution in [3.05, 3.63) is 34.9 Å². The van der Waals surface area contributed by atoms with Crippen LogP contribution in [0.2, 0.25) is 5.15 Å². The third-order valence-electron chi connectivity index (χ3n) is 2.12. The van der Waals surface area contributed by atoms with Gasteiger partial charge in [0.25, 0.3) is 5.91 Å². The van der Waals surface area contributed by atoms with E-state index in [2.05, 4.69) is 20.5 Å². The number of aromatic nitrogens is 3. The van der Waals surface area contributed by atoms with Gasteiger partial charge >= 0.3 is 0 Å². The van der Waals surface area contributed by atoms with Crippen molar-refractivity contribution in [1.29, 1.82) is 0 Å². The van der Waals surface area contributed by atoms with Gasteiger partial charge in [0.2, 0.25) is 0 Å². The zero-order valence-electron chi connectivity index (χ0n) is 8.99. The fraction of sp³-hybridized carbons (Fsp3) is 0.100. The molecule has 7 heteroatoms. The number of rotatable bonds is 2. The minimum Gasteiger partial charge on any atom is -0.396 e. The molecule has 0 bridgehead atoms. The summed E-state index contributed by atoms with van der Waals surface area (Å²) in [7, 11) is 0. The Morgan fingerprint density at radius 3 is 2.94 bits per heavy atom. The van der Waals surface area contributed by atoms with E-state index < -0.39 is 5.91 Å². The van der Waals surface area contributed by atoms with Crippen molar-refractivity contribution in [2.75, 3.05) is 11.1 Å². The van der Waals surface area contributed by atoms with Gasteiger partial charge in [-0.25, -0.2) is 4.98 Å². The summed E-state index contributed by atoms with van der Waals surface area (Å²) in [5, 5.41) is 9.01. The third-order valence-corrected chi connectivity index (χ3v) is 2.42. The first kappa shape index (κ1) is 11.4. The molecule has 88 valence electrons. The van der Waals surface area contributed by atoms with Crippen LogP contribution in [0, 0.1) is 6.92 Å². The highest BCUT2D eigenvalue weighted by Gasteiger charge is 2.13. The lowest BCUT2D eigenvalue weighted by Crippen LogP contribution is -2.14. The molecule has 2 aromatic rings. The molecule has 0 fully saturated rings. The van der Waals surface area contributed by atoms with Gasteiger partial charge in [-0.1, -0.05) is 11.6 Å². The molecule has 17 heavy (non-hydrogen) atoms. The molecular weight excluding hydrogens is 242 g/mol. The van der Waals surface area contributed by atoms with E-state index in [1.807, 2.05) is 6.92 Å². The Kier molecular flexibility index (Phi) is 2.97. The summed E-state index contributed by atoms with van der Waals surface area (Å²) in [6, 6.07) is 1.72. The molecule has 0 unspecified atom stereocenters. The highest BCUT2D eigenvalue weighted by molar-refractivity contribution is 6.32. The Hall–Kier alpha value is -2.08. The second-order valence-corrected chi connectivity index (χ2v) is 3.86. The van der Waals surface area contributed by atoms with Crippen molar-refractivity contribution in [2.45, 2.75) is 6.92 Å². The molecule has 6 nitrogen and oxygen atoms in total. The molecule has 0 aliphatic rings. The minimum atomic E-state index is -0.408. The number of pyridine rings is 1. The van der Waals surface area contributed by atoms with Crippen LogP contribution < -0.4 is 11.1 Å². The maximum atomic E-state index is 11.8. The maximum absolute atomic E-state index is 11.8. The van der Waals surface area contributed by atoms with Crippen LogP contribution in [-0.4, -0.2) is 21.1 Å². The van der Waals surface area contributed by atoms with E-state index in [-0.39, 0.29) is 16.5 Å². The predicted molar refractivity (Wildman–Crippen MR) is 64.9 cm³/mol. The van der Waals surface area contributed by atoms with Crippen molar-refractivity contribution in [3.63, 3.8) is 0 Å². The first-order valence-electron chi connectivity index (χ1n) is 4.80. The van der Waals surface area contributed by atoms with Crippen molar-refractivity contribution >= 4 is 28.9 Å². The van der Waals surface area contributed by atoms with Crippen molar-refractivity contribution in [1.82, 2.24) is 15.2 Å². The number of nitrogens with zero attached hydrogens (tertiary/aromatic N) is 2. The number of nitrogens with two attached hydrogens (primary N) is 1. The largest absolute Gasteiger partial charge is 0.396 e. The summed E-state index contributed by atoms with van der Waals surface area (Å²) < 4.78 is 0. The first-order valence-corrected chi connectivity index (χ1v) is 5.18. The molecule has 0 radical (unpaired) electrons. The summed E-state index contributed by atoms with van der Waals surface area (Å²) >= 11 is 5.86. The summed E-state index contributed by atoms with van der Waals surface area (Å²) in [6.07, 6.45) is 2.98. The average Bonchev–Trinajstić information content (AvgIpc) is 2.70. The molecule has 0 saturated carbocycles. The molecule has 2 aromatic heterocycles. The Morgan fingerprint density at radius 1 is 1.53 bits per heavy atom. The summed E-state index contributed by atoms with van der Waals surface area (Å²) in [4.78, 5) is 15.7. The molecule has 2 heterocycles. The highest BCUT2D eigenvalue weighted by atomic mass is 35.5. The van der Waals surface area contributed by atoms with Crippen LogP contribution in [-0.2, 0) is 0 Å². The number of hydrogen-bond donors (Lipinski definition) is 3. The standard InChI is InChI=1S/C10H10ClN5O/c1-5-2-7(9(11)13-3-5)15-10(17)8-6(12)4-14-16-8/h2-4H,12H2,1H3,(H,14,16)(H,15,17). The van der Waals surface area contributed by atoms with Gasteiger partial charge in [0.1, 0.15) is 5.69 Å². The molecule has 2 rings (SSSR count). The third kappa shape index (κ3) is 2.36. The molecule has 1 amide bonds. The normalized spacial score (nSPS) is 10.2. The number of H-pyrrole nitrogens is 1. The Morgan fingerprint density at radius 2 is 2.29 bits per heavy atom. The van der Waals surface area contributed by atoms with E-state index in [0.29, 0.717) is 5.69 Å². The molecule has 0 spiro atoms. The van der Waals surface area contributed by atoms with E-state index in [1.54, 1.807) is 12.3 Å². The minimum absolute atomic E-state index is 0.197. The van der Waals surface area contributed by atoms with E-state index >= 15 is 0 Å². The predicted octanol–water partition coefficient (Wildman–Crippen LogP) is 1.60. The molecular formula is C10H10ClN5O. The Labute approximate surface area is 102 Å². The van der Waals surface area contributed by atoms with Gasteiger partial charge in [-0.05, 0) is 18.6 Å². The molecule has 0 aliphatic carbocycles. The highest BCUT2D eigenvalue weighted by Crippen LogP contribution is 2.21. The number of nitrogens with one attached hydrogen (secondary N) is 2. The molecule has 4 N–H and O–H groups in total. The lowest BCUT2D eigenvalue weighted by Gasteiger charge is -2.06. The monoisotopic (exact) mass is 251 g/mol. The molecule has 0 aromatic carbocycles. The van der Waals surface area contributed by atoms with Crippen LogP contribution in [0.15, 0.2) is 18.5 Å². The van der Waals surface area contributed by atoms with Gasteiger partial charge in [-0.2, -0.15) is 5.10 Å². The lowest BCUT2D eigenvalue weighted by atomic mass is 10.3. The number of aromatic amines is 1. The summed E-state index contributed by atoms with van der Waals surface area (Å²) in [5.41, 5.74) is 7.36. The van der Waals surface area contributed by atoms with Crippen molar-refractivity contribution in [3.8, 4) is 0 Å². The van der Waals surface area contributed by atoms with E-state index in [0.717, 1.165) is 5.56 Å². The second kappa shape index (κ2) is 4.42. The van der Waals surface area contributed by atoms with Gasteiger partial charge in [-0.15, -0.1) is 0 Å². The van der Waals surface area contributed by atoms with Crippen LogP contribution in [0.25, 0.3) is 0 Å². The zero-order chi connectivity index (χ0) is 12.4. The second-order valence-electron chi connectivity index (χ2n) is 3.51. The van der Waals surface area contributed by atoms with Crippen LogP contribution in [0.4, 0.5) is 11.4 Å². The van der Waals surface area contributed by atoms with Gasteiger partial charge in [0, 0.05) is 6.20 Å². The Bertz CT molecular complexity index is 566. The van der Waals surface area contributed by atoms with Gasteiger partial charge in [0.05, 0.1) is 17.6 Å². The van der Waals surface area contributed by atoms with E-state index in [4.69, 9.17) is 17.3 Å².